The van der Waals surface area contributed by atoms with Gasteiger partial charge in [-0.1, -0.05) is 0 Å². The summed E-state index contributed by atoms with van der Waals surface area (Å²) in [4.78, 5) is 13.5. The van der Waals surface area contributed by atoms with Crippen LogP contribution in [0.4, 0.5) is 0 Å². The highest BCUT2D eigenvalue weighted by atomic mass is 32.2. The zero-order valence-electron chi connectivity index (χ0n) is 8.45. The van der Waals surface area contributed by atoms with Gasteiger partial charge in [0, 0.05) is 25.6 Å². The monoisotopic (exact) mass is 214 g/mol. The third kappa shape index (κ3) is 2.42. The van der Waals surface area contributed by atoms with Crippen molar-refractivity contribution in [1.29, 1.82) is 0 Å². The fraction of sp³-hybridized carbons (Fsp3) is 0.900. The summed E-state index contributed by atoms with van der Waals surface area (Å²) in [5.41, 5.74) is 5.75. The first-order chi connectivity index (χ1) is 6.75. The minimum absolute atomic E-state index is 0.0838. The molecule has 14 heavy (non-hydrogen) atoms. The maximum Gasteiger partial charge on any atom is 0.224 e. The third-order valence-corrected chi connectivity index (χ3v) is 4.11. The molecule has 2 N–H and O–H groups in total. The number of hydrogen-bond acceptors (Lipinski definition) is 3. The Kier molecular flexibility index (Phi) is 3.34. The molecular formula is C10H18N2OS. The van der Waals surface area contributed by atoms with E-state index in [1.807, 2.05) is 16.7 Å². The minimum Gasteiger partial charge on any atom is -0.341 e. The number of amides is 1. The highest BCUT2D eigenvalue weighted by molar-refractivity contribution is 7.99. The Morgan fingerprint density at radius 2 is 2.14 bits per heavy atom. The molecule has 2 rings (SSSR count). The normalized spacial score (nSPS) is 29.9. The van der Waals surface area contributed by atoms with Crippen molar-refractivity contribution in [2.75, 3.05) is 24.6 Å². The lowest BCUT2D eigenvalue weighted by molar-refractivity contribution is -0.128. The summed E-state index contributed by atoms with van der Waals surface area (Å²) in [6.45, 7) is 1.73. The highest BCUT2D eigenvalue weighted by Gasteiger charge is 2.29. The molecule has 0 radical (unpaired) electrons. The molecule has 4 heteroatoms. The van der Waals surface area contributed by atoms with Crippen molar-refractivity contribution < 1.29 is 4.79 Å². The molecule has 0 spiro atoms. The molecule has 2 heterocycles. The first kappa shape index (κ1) is 10.3. The van der Waals surface area contributed by atoms with Crippen LogP contribution in [0.5, 0.6) is 0 Å². The fourth-order valence-corrected chi connectivity index (χ4v) is 3.42. The van der Waals surface area contributed by atoms with Gasteiger partial charge in [-0.05, 0) is 30.3 Å². The molecule has 2 fully saturated rings. The fourth-order valence-electron chi connectivity index (χ4n) is 2.22. The highest BCUT2D eigenvalue weighted by Crippen LogP contribution is 2.24. The summed E-state index contributed by atoms with van der Waals surface area (Å²) in [5, 5.41) is 0. The van der Waals surface area contributed by atoms with Crippen LogP contribution in [0.3, 0.4) is 0 Å². The molecule has 0 aromatic heterocycles. The summed E-state index contributed by atoms with van der Waals surface area (Å²) in [6, 6.07) is 0.0838. The van der Waals surface area contributed by atoms with Crippen LogP contribution >= 0.6 is 11.8 Å². The van der Waals surface area contributed by atoms with Gasteiger partial charge in [-0.2, -0.15) is 11.8 Å². The molecule has 80 valence electrons. The lowest BCUT2D eigenvalue weighted by Crippen LogP contribution is -2.34. The van der Waals surface area contributed by atoms with Crippen molar-refractivity contribution in [3.8, 4) is 0 Å². The van der Waals surface area contributed by atoms with Gasteiger partial charge in [0.2, 0.25) is 5.91 Å². The molecule has 0 aliphatic carbocycles. The minimum atomic E-state index is 0.0838. The van der Waals surface area contributed by atoms with E-state index in [9.17, 15) is 4.79 Å². The van der Waals surface area contributed by atoms with Gasteiger partial charge < -0.3 is 10.6 Å². The van der Waals surface area contributed by atoms with Crippen molar-refractivity contribution >= 4 is 17.7 Å². The predicted octanol–water partition coefficient (Wildman–Crippen LogP) is 0.689. The van der Waals surface area contributed by atoms with E-state index >= 15 is 0 Å². The molecule has 0 bridgehead atoms. The molecule has 1 atom stereocenters. The Balaban J connectivity index is 1.81. The van der Waals surface area contributed by atoms with E-state index in [1.165, 1.54) is 24.3 Å². The van der Waals surface area contributed by atoms with Crippen LogP contribution in [0.15, 0.2) is 0 Å². The summed E-state index contributed by atoms with van der Waals surface area (Å²) < 4.78 is 0. The standard InChI is InChI=1S/C10H18N2OS/c11-9-5-10(13)12(7-9)6-8-1-3-14-4-2-8/h8-9H,1-7,11H2. The topological polar surface area (TPSA) is 46.3 Å². The summed E-state index contributed by atoms with van der Waals surface area (Å²) in [5.74, 6) is 3.51. The second-order valence-electron chi connectivity index (χ2n) is 4.32. The van der Waals surface area contributed by atoms with Crippen molar-refractivity contribution in [3.63, 3.8) is 0 Å². The Bertz CT molecular complexity index is 216. The van der Waals surface area contributed by atoms with E-state index in [2.05, 4.69) is 0 Å². The number of rotatable bonds is 2. The molecule has 2 saturated heterocycles. The van der Waals surface area contributed by atoms with Gasteiger partial charge in [-0.3, -0.25) is 4.79 Å². The lowest BCUT2D eigenvalue weighted by Gasteiger charge is -2.26. The number of carbonyl (C=O) groups excluding carboxylic acids is 1. The van der Waals surface area contributed by atoms with E-state index in [-0.39, 0.29) is 11.9 Å². The van der Waals surface area contributed by atoms with Gasteiger partial charge in [0.1, 0.15) is 0 Å². The van der Waals surface area contributed by atoms with Gasteiger partial charge in [-0.25, -0.2) is 0 Å². The molecule has 2 aliphatic rings. The number of carbonyl (C=O) groups is 1. The second-order valence-corrected chi connectivity index (χ2v) is 5.54. The van der Waals surface area contributed by atoms with Crippen LogP contribution in [0.1, 0.15) is 19.3 Å². The van der Waals surface area contributed by atoms with E-state index in [0.29, 0.717) is 6.42 Å². The SMILES string of the molecule is NC1CC(=O)N(CC2CCSCC2)C1. The largest absolute Gasteiger partial charge is 0.341 e. The lowest BCUT2D eigenvalue weighted by atomic mass is 10.0. The zero-order chi connectivity index (χ0) is 9.97. The van der Waals surface area contributed by atoms with Crippen LogP contribution in [-0.2, 0) is 4.79 Å². The van der Waals surface area contributed by atoms with Gasteiger partial charge in [0.05, 0.1) is 0 Å². The Hall–Kier alpha value is -0.220. The smallest absolute Gasteiger partial charge is 0.224 e. The summed E-state index contributed by atoms with van der Waals surface area (Å²) in [6.07, 6.45) is 3.09. The van der Waals surface area contributed by atoms with Crippen LogP contribution < -0.4 is 5.73 Å². The summed E-state index contributed by atoms with van der Waals surface area (Å²) in [7, 11) is 0. The zero-order valence-corrected chi connectivity index (χ0v) is 9.26. The maximum atomic E-state index is 11.5. The van der Waals surface area contributed by atoms with Crippen LogP contribution in [0, 0.1) is 5.92 Å². The van der Waals surface area contributed by atoms with Crippen molar-refractivity contribution in [3.05, 3.63) is 0 Å². The molecule has 0 saturated carbocycles. The van der Waals surface area contributed by atoms with Crippen LogP contribution in [0.2, 0.25) is 0 Å². The third-order valence-electron chi connectivity index (χ3n) is 3.06. The average Bonchev–Trinajstić information content (AvgIpc) is 2.47. The molecule has 1 amide bonds. The molecule has 0 aromatic carbocycles. The van der Waals surface area contributed by atoms with Gasteiger partial charge in [0.15, 0.2) is 0 Å². The number of hydrogen-bond donors (Lipinski definition) is 1. The number of thioether (sulfide) groups is 1. The van der Waals surface area contributed by atoms with Crippen molar-refractivity contribution in [1.82, 2.24) is 4.90 Å². The predicted molar refractivity (Wildman–Crippen MR) is 59.2 cm³/mol. The average molecular weight is 214 g/mol. The quantitative estimate of drug-likeness (QED) is 0.735. The van der Waals surface area contributed by atoms with Gasteiger partial charge in [-0.15, -0.1) is 0 Å². The number of nitrogens with two attached hydrogens (primary N) is 1. The number of likely N-dealkylation sites (tertiary alicyclic amines) is 1. The number of nitrogens with zero attached hydrogens (tertiary/aromatic N) is 1. The molecule has 3 nitrogen and oxygen atoms in total. The second kappa shape index (κ2) is 4.53. The Labute approximate surface area is 89.4 Å². The molecule has 0 aromatic rings. The Morgan fingerprint density at radius 3 is 2.71 bits per heavy atom. The van der Waals surface area contributed by atoms with Crippen molar-refractivity contribution in [2.45, 2.75) is 25.3 Å². The van der Waals surface area contributed by atoms with Crippen LogP contribution in [0.25, 0.3) is 0 Å². The first-order valence-corrected chi connectivity index (χ1v) is 6.52. The van der Waals surface area contributed by atoms with E-state index in [4.69, 9.17) is 5.73 Å². The van der Waals surface area contributed by atoms with Crippen molar-refractivity contribution in [2.24, 2.45) is 11.7 Å². The molecular weight excluding hydrogens is 196 g/mol. The van der Waals surface area contributed by atoms with Gasteiger partial charge in [0.25, 0.3) is 0 Å². The van der Waals surface area contributed by atoms with Gasteiger partial charge >= 0.3 is 0 Å². The van der Waals surface area contributed by atoms with E-state index < -0.39 is 0 Å². The first-order valence-electron chi connectivity index (χ1n) is 5.37. The Morgan fingerprint density at radius 1 is 1.43 bits per heavy atom. The maximum absolute atomic E-state index is 11.5. The molecule has 2 aliphatic heterocycles. The van der Waals surface area contributed by atoms with E-state index in [0.717, 1.165) is 19.0 Å². The molecule has 1 unspecified atom stereocenters. The summed E-state index contributed by atoms with van der Waals surface area (Å²) >= 11 is 2.03. The van der Waals surface area contributed by atoms with Crippen LogP contribution in [-0.4, -0.2) is 41.4 Å². The van der Waals surface area contributed by atoms with E-state index in [1.54, 1.807) is 0 Å².